The first-order valence-corrected chi connectivity index (χ1v) is 11.1. The molecule has 1 aromatic rings. The van der Waals surface area contributed by atoms with Gasteiger partial charge in [0.15, 0.2) is 12.4 Å². The molecule has 8 nitrogen and oxygen atoms in total. The van der Waals surface area contributed by atoms with Crippen LogP contribution in [0.1, 0.15) is 72.4 Å². The fourth-order valence-corrected chi connectivity index (χ4v) is 6.16. The summed E-state index contributed by atoms with van der Waals surface area (Å²) in [6.45, 7) is 4.11. The van der Waals surface area contributed by atoms with Gasteiger partial charge in [-0.2, -0.15) is 0 Å². The first-order chi connectivity index (χ1) is 14.8. The van der Waals surface area contributed by atoms with E-state index in [4.69, 9.17) is 13.9 Å². The average Bonchev–Trinajstić information content (AvgIpc) is 3.01. The fraction of sp³-hybridized carbons (Fsp3) is 0.652. The molecule has 1 aromatic heterocycles. The van der Waals surface area contributed by atoms with E-state index in [0.717, 1.165) is 37.5 Å². The van der Waals surface area contributed by atoms with Crippen molar-refractivity contribution in [2.75, 3.05) is 18.5 Å². The number of hydrogen-bond acceptors (Lipinski definition) is 7. The highest BCUT2D eigenvalue weighted by Gasteiger charge is 2.51. The molecule has 0 atom stereocenters. The maximum Gasteiger partial charge on any atom is 0.344 e. The van der Waals surface area contributed by atoms with Crippen LogP contribution in [0.4, 0.5) is 5.88 Å². The Morgan fingerprint density at radius 2 is 1.58 bits per heavy atom. The predicted octanol–water partition coefficient (Wildman–Crippen LogP) is 3.52. The lowest BCUT2D eigenvalue weighted by molar-refractivity contribution is -0.164. The zero-order valence-electron chi connectivity index (χ0n) is 18.2. The second-order valence-corrected chi connectivity index (χ2v) is 9.13. The van der Waals surface area contributed by atoms with E-state index in [9.17, 15) is 19.2 Å². The lowest BCUT2D eigenvalue weighted by atomic mass is 9.52. The van der Waals surface area contributed by atoms with Crippen LogP contribution in [-0.4, -0.2) is 36.8 Å². The molecule has 5 rings (SSSR count). The summed E-state index contributed by atoms with van der Waals surface area (Å²) in [5.74, 6) is 0.0626. The van der Waals surface area contributed by atoms with Crippen molar-refractivity contribution in [2.45, 2.75) is 52.9 Å². The summed E-state index contributed by atoms with van der Waals surface area (Å²) in [5.41, 5.74) is -0.0492. The summed E-state index contributed by atoms with van der Waals surface area (Å²) in [6.07, 6.45) is 5.64. The Hall–Kier alpha value is -2.64. The van der Waals surface area contributed by atoms with Crippen molar-refractivity contribution in [1.82, 2.24) is 0 Å². The van der Waals surface area contributed by atoms with E-state index in [1.807, 2.05) is 0 Å². The van der Waals surface area contributed by atoms with Gasteiger partial charge in [-0.15, -0.1) is 0 Å². The molecule has 0 unspecified atom stereocenters. The summed E-state index contributed by atoms with van der Waals surface area (Å²) in [5, 5.41) is 2.45. The molecule has 8 heteroatoms. The fourth-order valence-electron chi connectivity index (χ4n) is 6.16. The standard InChI is InChI=1S/C23H29NO7/c1-4-29-23(28)20-18(11(2)25)12(3)31-21(20)24-17(26)10-30-22(27)19-15-6-13-5-14(8-15)9-16(19)7-13/h13-16,19H,4-10H2,1-3H3,(H,24,26). The van der Waals surface area contributed by atoms with Gasteiger partial charge >= 0.3 is 11.9 Å². The number of carbonyl (C=O) groups is 4. The van der Waals surface area contributed by atoms with E-state index in [2.05, 4.69) is 5.32 Å². The molecule has 168 valence electrons. The van der Waals surface area contributed by atoms with Crippen molar-refractivity contribution in [1.29, 1.82) is 0 Å². The van der Waals surface area contributed by atoms with Crippen molar-refractivity contribution in [3.8, 4) is 0 Å². The number of amides is 1. The van der Waals surface area contributed by atoms with Crippen LogP contribution < -0.4 is 5.32 Å². The van der Waals surface area contributed by atoms with Crippen LogP contribution in [0.3, 0.4) is 0 Å². The van der Waals surface area contributed by atoms with Crippen LogP contribution in [0.15, 0.2) is 4.42 Å². The smallest absolute Gasteiger partial charge is 0.344 e. The SMILES string of the molecule is CCOC(=O)c1c(NC(=O)COC(=O)C2C3CC4CC(C3)CC2C4)oc(C)c1C(C)=O. The Kier molecular flexibility index (Phi) is 5.90. The zero-order chi connectivity index (χ0) is 22.3. The van der Waals surface area contributed by atoms with Crippen LogP contribution in [0, 0.1) is 36.5 Å². The molecule has 0 radical (unpaired) electrons. The summed E-state index contributed by atoms with van der Waals surface area (Å²) >= 11 is 0. The Labute approximate surface area is 181 Å². The van der Waals surface area contributed by atoms with Gasteiger partial charge in [0, 0.05) is 0 Å². The van der Waals surface area contributed by atoms with Crippen molar-refractivity contribution >= 4 is 29.5 Å². The Morgan fingerprint density at radius 1 is 0.968 bits per heavy atom. The van der Waals surface area contributed by atoms with Crippen molar-refractivity contribution in [2.24, 2.45) is 29.6 Å². The molecule has 31 heavy (non-hydrogen) atoms. The van der Waals surface area contributed by atoms with Gasteiger partial charge in [0.2, 0.25) is 5.88 Å². The van der Waals surface area contributed by atoms with Gasteiger partial charge in [0.1, 0.15) is 11.3 Å². The number of carbonyl (C=O) groups excluding carboxylic acids is 4. The number of ether oxygens (including phenoxy) is 2. The molecule has 0 aliphatic heterocycles. The Bertz CT molecular complexity index is 887. The van der Waals surface area contributed by atoms with Gasteiger partial charge in [0.05, 0.1) is 18.1 Å². The maximum atomic E-state index is 12.8. The molecule has 1 heterocycles. The van der Waals surface area contributed by atoms with Crippen LogP contribution in [0.25, 0.3) is 0 Å². The van der Waals surface area contributed by atoms with Gasteiger partial charge in [-0.3, -0.25) is 19.7 Å². The van der Waals surface area contributed by atoms with Crippen molar-refractivity contribution in [3.63, 3.8) is 0 Å². The Balaban J connectivity index is 1.40. The van der Waals surface area contributed by atoms with E-state index >= 15 is 0 Å². The van der Waals surface area contributed by atoms with Crippen LogP contribution in [0.5, 0.6) is 0 Å². The highest BCUT2D eigenvalue weighted by Crippen LogP contribution is 2.56. The first kappa shape index (κ1) is 21.6. The van der Waals surface area contributed by atoms with Gasteiger partial charge in [-0.1, -0.05) is 0 Å². The molecule has 4 aliphatic carbocycles. The average molecular weight is 431 g/mol. The summed E-state index contributed by atoms with van der Waals surface area (Å²) in [7, 11) is 0. The van der Waals surface area contributed by atoms with Gasteiger partial charge in [-0.05, 0) is 76.5 Å². The third-order valence-corrected chi connectivity index (χ3v) is 7.01. The Morgan fingerprint density at radius 3 is 2.13 bits per heavy atom. The van der Waals surface area contributed by atoms with Gasteiger partial charge < -0.3 is 13.9 Å². The van der Waals surface area contributed by atoms with E-state index in [1.165, 1.54) is 20.3 Å². The van der Waals surface area contributed by atoms with E-state index < -0.39 is 18.5 Å². The minimum atomic E-state index is -0.759. The molecule has 4 saturated carbocycles. The zero-order valence-corrected chi connectivity index (χ0v) is 18.2. The van der Waals surface area contributed by atoms with Gasteiger partial charge in [-0.25, -0.2) is 4.79 Å². The normalized spacial score (nSPS) is 28.3. The first-order valence-electron chi connectivity index (χ1n) is 11.1. The quantitative estimate of drug-likeness (QED) is 0.519. The van der Waals surface area contributed by atoms with E-state index in [1.54, 1.807) is 6.92 Å². The highest BCUT2D eigenvalue weighted by atomic mass is 16.5. The molecule has 1 N–H and O–H groups in total. The molecule has 0 spiro atoms. The number of esters is 2. The molecule has 0 aromatic carbocycles. The number of furan rings is 1. The molecule has 4 aliphatic rings. The van der Waals surface area contributed by atoms with Crippen molar-refractivity contribution in [3.05, 3.63) is 16.9 Å². The number of nitrogens with one attached hydrogen (secondary N) is 1. The number of rotatable bonds is 7. The maximum absolute atomic E-state index is 12.8. The van der Waals surface area contributed by atoms with E-state index in [-0.39, 0.29) is 47.0 Å². The minimum Gasteiger partial charge on any atom is -0.462 e. The monoisotopic (exact) mass is 431 g/mol. The predicted molar refractivity (Wildman–Crippen MR) is 110 cm³/mol. The lowest BCUT2D eigenvalue weighted by Gasteiger charge is -2.53. The summed E-state index contributed by atoms with van der Waals surface area (Å²) in [6, 6.07) is 0. The van der Waals surface area contributed by atoms with Crippen molar-refractivity contribution < 1.29 is 33.1 Å². The second kappa shape index (κ2) is 8.48. The number of aryl methyl sites for hydroxylation is 1. The summed E-state index contributed by atoms with van der Waals surface area (Å²) < 4.78 is 15.8. The molecular weight excluding hydrogens is 402 g/mol. The van der Waals surface area contributed by atoms with Crippen LogP contribution in [0.2, 0.25) is 0 Å². The number of hydrogen-bond donors (Lipinski definition) is 1. The molecule has 0 saturated heterocycles. The molecule has 4 bridgehead atoms. The largest absolute Gasteiger partial charge is 0.462 e. The van der Waals surface area contributed by atoms with Crippen LogP contribution in [-0.2, 0) is 19.1 Å². The number of ketones is 1. The minimum absolute atomic E-state index is 0.0688. The molecule has 4 fully saturated rings. The number of Topliss-reactive ketones (excluding diaryl/α,β-unsaturated/α-hetero) is 1. The third kappa shape index (κ3) is 4.12. The summed E-state index contributed by atoms with van der Waals surface area (Å²) in [4.78, 5) is 49.5. The lowest BCUT2D eigenvalue weighted by Crippen LogP contribution is -2.48. The topological polar surface area (TPSA) is 112 Å². The van der Waals surface area contributed by atoms with E-state index in [0.29, 0.717) is 11.8 Å². The second-order valence-electron chi connectivity index (χ2n) is 9.13. The molecular formula is C23H29NO7. The number of anilines is 1. The highest BCUT2D eigenvalue weighted by molar-refractivity contribution is 6.10. The van der Waals surface area contributed by atoms with Crippen LogP contribution >= 0.6 is 0 Å². The molecule has 1 amide bonds. The third-order valence-electron chi connectivity index (χ3n) is 7.01. The van der Waals surface area contributed by atoms with Gasteiger partial charge in [0.25, 0.3) is 5.91 Å².